The van der Waals surface area contributed by atoms with Gasteiger partial charge in [-0.3, -0.25) is 38.4 Å². The highest BCUT2D eigenvalue weighted by molar-refractivity contribution is 7.93. The number of sulfone groups is 2. The molecule has 6 fully saturated rings. The van der Waals surface area contributed by atoms with Gasteiger partial charge in [0.1, 0.15) is 42.3 Å². The Hall–Kier alpha value is -7.87. The van der Waals surface area contributed by atoms with Crippen LogP contribution in [-0.2, 0) is 51.9 Å². The van der Waals surface area contributed by atoms with Gasteiger partial charge in [-0.25, -0.2) is 26.8 Å². The van der Waals surface area contributed by atoms with Crippen LogP contribution in [0.4, 0.5) is 11.6 Å². The third kappa shape index (κ3) is 13.4. The number of aromatic nitrogens is 4. The molecule has 6 atom stereocenters. The van der Waals surface area contributed by atoms with Gasteiger partial charge in [-0.05, 0) is 151 Å². The maximum Gasteiger partial charge on any atom is 0.323 e. The maximum absolute atomic E-state index is 13.7. The Bertz CT molecular complexity index is 3890. The summed E-state index contributed by atoms with van der Waals surface area (Å²) in [6, 6.07) is 19.7. The minimum Gasteiger partial charge on any atom is -0.480 e. The molecule has 8 N–H and O–H groups in total. The number of carboxylic acid groups (broad SMARTS) is 1. The number of aryl methyl sites for hydroxylation is 2. The fraction of sp³-hybridized carbons (Fsp3) is 0.414. The third-order valence-corrected chi connectivity index (χ3v) is 20.6. The third-order valence-electron chi connectivity index (χ3n) is 16.3. The van der Waals surface area contributed by atoms with Crippen LogP contribution in [0.3, 0.4) is 0 Å². The molecule has 4 saturated carbocycles. The SMILES string of the molecule is Cc1cccc(NC(=O)[C@@H]2C3CCC(C3)N2C(=O)Cn2cc(C(N)=O)c3cc(C(=O)CS(=O)(=O)C4CC4)ccc32)n1.Cc1cccc(NC(=O)[C@H]2NC3CCC2C3)n1.Cl.NC(=O)c1cn(CC(=O)O)c2ccc(C(=O)CS(=O)(=O)C3CC3)cc12. The number of carbonyl (C=O) groups excluding carboxylic acids is 7. The number of fused-ring (bicyclic) bond motifs is 6. The summed E-state index contributed by atoms with van der Waals surface area (Å²) in [4.78, 5) is 109. The fourth-order valence-electron chi connectivity index (χ4n) is 12.1. The number of hydrogen-bond donors (Lipinski definition) is 6. The molecular formula is C58H65ClN10O13S2. The number of Topliss-reactive ketones (excluding diaryl/α,β-unsaturated/α-hetero) is 2. The van der Waals surface area contributed by atoms with Crippen LogP contribution in [0.1, 0.15) is 117 Å². The van der Waals surface area contributed by atoms with E-state index >= 15 is 0 Å². The zero-order valence-electron chi connectivity index (χ0n) is 46.1. The van der Waals surface area contributed by atoms with Crippen LogP contribution in [0.2, 0.25) is 0 Å². The fourth-order valence-corrected chi connectivity index (χ4v) is 15.3. The van der Waals surface area contributed by atoms with Crippen LogP contribution in [0, 0.1) is 25.7 Å². The Kier molecular flexibility index (Phi) is 17.6. The van der Waals surface area contributed by atoms with Crippen molar-refractivity contribution in [1.29, 1.82) is 0 Å². The van der Waals surface area contributed by atoms with Crippen molar-refractivity contribution in [1.82, 2.24) is 29.3 Å². The van der Waals surface area contributed by atoms with Crippen molar-refractivity contribution >= 4 is 113 Å². The van der Waals surface area contributed by atoms with E-state index in [-0.39, 0.29) is 83.5 Å². The smallest absolute Gasteiger partial charge is 0.323 e. The predicted molar refractivity (Wildman–Crippen MR) is 313 cm³/mol. The zero-order chi connectivity index (χ0) is 59.2. The van der Waals surface area contributed by atoms with Gasteiger partial charge < -0.3 is 46.6 Å². The number of primary amides is 2. The molecule has 4 unspecified atom stereocenters. The second-order valence-electron chi connectivity index (χ2n) is 22.5. The summed E-state index contributed by atoms with van der Waals surface area (Å²) < 4.78 is 51.6. The lowest BCUT2D eigenvalue weighted by molar-refractivity contribution is -0.141. The average Bonchev–Trinajstić information content (AvgIpc) is 3.60. The summed E-state index contributed by atoms with van der Waals surface area (Å²) in [5.41, 5.74) is 14.1. The number of rotatable bonds is 18. The molecule has 2 saturated heterocycles. The highest BCUT2D eigenvalue weighted by atomic mass is 35.5. The quantitative estimate of drug-likeness (QED) is 0.0635. The van der Waals surface area contributed by atoms with Gasteiger partial charge in [0.05, 0.1) is 27.7 Å². The van der Waals surface area contributed by atoms with Crippen LogP contribution < -0.4 is 27.4 Å². The lowest BCUT2D eigenvalue weighted by Gasteiger charge is -2.34. The number of piperidine rings is 2. The molecule has 6 aromatic rings. The number of amides is 5. The molecule has 0 spiro atoms. The average molecular weight is 1210 g/mol. The minimum atomic E-state index is -3.51. The minimum absolute atomic E-state index is 0. The number of anilines is 2. The van der Waals surface area contributed by atoms with E-state index in [0.29, 0.717) is 71.1 Å². The first-order valence-electron chi connectivity index (χ1n) is 27.6. The molecule has 5 amide bonds. The summed E-state index contributed by atoms with van der Waals surface area (Å²) in [6.07, 6.45) is 11.1. The summed E-state index contributed by atoms with van der Waals surface area (Å²) in [5.74, 6) is -3.69. The molecule has 23 nitrogen and oxygen atoms in total. The number of aliphatic carboxylic acids is 1. The molecule has 2 aliphatic heterocycles. The highest BCUT2D eigenvalue weighted by Gasteiger charge is 2.51. The normalized spacial score (nSPS) is 21.1. The monoisotopic (exact) mass is 1210 g/mol. The van der Waals surface area contributed by atoms with Crippen LogP contribution >= 0.6 is 12.4 Å². The van der Waals surface area contributed by atoms with E-state index in [1.807, 2.05) is 38.1 Å². The van der Waals surface area contributed by atoms with Crippen molar-refractivity contribution < 1.29 is 60.3 Å². The molecule has 4 bridgehead atoms. The number of nitrogens with two attached hydrogens (primary N) is 2. The Morgan fingerprint density at radius 3 is 1.55 bits per heavy atom. The number of nitrogens with zero attached hydrogens (tertiary/aromatic N) is 5. The van der Waals surface area contributed by atoms with Gasteiger partial charge in [0.15, 0.2) is 31.2 Å². The number of hydrogen-bond acceptors (Lipinski definition) is 15. The largest absolute Gasteiger partial charge is 0.480 e. The Balaban J connectivity index is 0.000000167. The predicted octanol–water partition coefficient (Wildman–Crippen LogP) is 4.70. The topological polar surface area (TPSA) is 352 Å². The molecule has 84 heavy (non-hydrogen) atoms. The molecule has 6 heterocycles. The number of ketones is 2. The number of carboxylic acids is 1. The van der Waals surface area contributed by atoms with Gasteiger partial charge >= 0.3 is 5.97 Å². The van der Waals surface area contributed by atoms with E-state index in [2.05, 4.69) is 25.9 Å². The van der Waals surface area contributed by atoms with Crippen molar-refractivity contribution in [2.75, 3.05) is 22.1 Å². The lowest BCUT2D eigenvalue weighted by atomic mass is 9.97. The van der Waals surface area contributed by atoms with E-state index in [1.54, 1.807) is 27.7 Å². The zero-order valence-corrected chi connectivity index (χ0v) is 48.5. The van der Waals surface area contributed by atoms with Gasteiger partial charge in [-0.2, -0.15) is 0 Å². The Labute approximate surface area is 489 Å². The molecule has 6 aliphatic rings. The molecule has 4 aliphatic carbocycles. The molecule has 4 aromatic heterocycles. The first-order valence-corrected chi connectivity index (χ1v) is 31.0. The second-order valence-corrected chi connectivity index (χ2v) is 27.0. The molecular weight excluding hydrogens is 1140 g/mol. The Morgan fingerprint density at radius 2 is 1.11 bits per heavy atom. The first-order chi connectivity index (χ1) is 39.4. The van der Waals surface area contributed by atoms with E-state index in [1.165, 1.54) is 60.1 Å². The molecule has 12 rings (SSSR count). The van der Waals surface area contributed by atoms with Crippen LogP contribution in [0.25, 0.3) is 21.8 Å². The summed E-state index contributed by atoms with van der Waals surface area (Å²) in [7, 11) is -6.96. The Morgan fingerprint density at radius 1 is 0.619 bits per heavy atom. The van der Waals surface area contributed by atoms with Gasteiger partial charge in [0.2, 0.25) is 17.7 Å². The summed E-state index contributed by atoms with van der Waals surface area (Å²) in [6.45, 7) is 3.25. The maximum atomic E-state index is 13.7. The van der Waals surface area contributed by atoms with E-state index < -0.39 is 77.1 Å². The first kappa shape index (κ1) is 60.7. The number of halogens is 1. The van der Waals surface area contributed by atoms with Crippen LogP contribution in [0.15, 0.2) is 85.2 Å². The van der Waals surface area contributed by atoms with Gasteiger partial charge in [0.25, 0.3) is 11.8 Å². The number of pyridine rings is 2. The van der Waals surface area contributed by atoms with Crippen molar-refractivity contribution in [3.8, 4) is 0 Å². The van der Waals surface area contributed by atoms with Gasteiger partial charge in [-0.1, -0.05) is 12.1 Å². The van der Waals surface area contributed by atoms with Crippen molar-refractivity contribution in [3.05, 3.63) is 119 Å². The lowest BCUT2D eigenvalue weighted by Crippen LogP contribution is -2.51. The molecule has 0 radical (unpaired) electrons. The summed E-state index contributed by atoms with van der Waals surface area (Å²) in [5, 5.41) is 17.9. The van der Waals surface area contributed by atoms with Crippen molar-refractivity contribution in [2.24, 2.45) is 23.3 Å². The highest BCUT2D eigenvalue weighted by Crippen LogP contribution is 2.43. The molecule has 26 heteroatoms. The van der Waals surface area contributed by atoms with Crippen LogP contribution in [-0.4, -0.2) is 139 Å². The van der Waals surface area contributed by atoms with Gasteiger partial charge in [-0.15, -0.1) is 12.4 Å². The van der Waals surface area contributed by atoms with E-state index in [9.17, 15) is 55.2 Å². The standard InChI is InChI=1S/C29H31N5O6S.C16H16N2O6S.C13H17N3O.ClH/c1-16-3-2-4-25(31-16)32-29(38)27-18-5-7-19(11-18)34(27)26(36)14-33-13-22(28(30)37)21-12-17(6-10-23(21)33)24(35)15-41(39,40)20-8-9-20;17-16(22)12-6-18(7-15(20)21)13-4-1-9(5-11(12)13)14(19)8-25(23,24)10-2-3-10;1-8-3-2-4-11(14-8)16-13(17)12-9-5-6-10(7-9)15-12;/h2-4,6,10,12-13,18-20,27H,5,7-9,11,14-15H2,1H3,(H2,30,37)(H,31,32,38);1,4-6,10H,2-3,7-8H2,(H2,17,22)(H,20,21);2-4,9-10,12,15H,5-7H2,1H3,(H,14,16,17);1H/t18?,19?,27-;;9?,10?,12-;/m0.0./s1. The number of nitrogens with one attached hydrogen (secondary N) is 3. The van der Waals surface area contributed by atoms with Crippen molar-refractivity contribution in [3.63, 3.8) is 0 Å². The molecule has 444 valence electrons. The number of likely N-dealkylation sites (tertiary alicyclic amines) is 1. The van der Waals surface area contributed by atoms with Crippen LogP contribution in [0.5, 0.6) is 0 Å². The second kappa shape index (κ2) is 24.4. The number of carbonyl (C=O) groups is 8. The number of benzene rings is 2. The summed E-state index contributed by atoms with van der Waals surface area (Å²) >= 11 is 0. The molecule has 2 aromatic carbocycles. The van der Waals surface area contributed by atoms with Crippen molar-refractivity contribution in [2.45, 2.75) is 126 Å². The van der Waals surface area contributed by atoms with Gasteiger partial charge in [0, 0.05) is 68.8 Å². The van der Waals surface area contributed by atoms with E-state index in [0.717, 1.165) is 37.1 Å². The van der Waals surface area contributed by atoms with E-state index in [4.69, 9.17) is 16.6 Å².